The number of likely N-dealkylation sites (tertiary alicyclic amines) is 1. The Hall–Kier alpha value is -0.610. The number of aliphatic hydroxyl groups is 1. The summed E-state index contributed by atoms with van der Waals surface area (Å²) in [6.07, 6.45) is 3.33. The summed E-state index contributed by atoms with van der Waals surface area (Å²) in [5, 5.41) is 18.5. The number of rotatable bonds is 4. The maximum absolute atomic E-state index is 10.8. The van der Waals surface area contributed by atoms with Crippen molar-refractivity contribution in [3.8, 4) is 0 Å². The Kier molecular flexibility index (Phi) is 3.97. The van der Waals surface area contributed by atoms with Crippen molar-refractivity contribution in [2.24, 2.45) is 5.41 Å². The Morgan fingerprint density at radius 1 is 1.44 bits per heavy atom. The molecule has 4 nitrogen and oxygen atoms in total. The second kappa shape index (κ2) is 4.72. The van der Waals surface area contributed by atoms with E-state index in [0.29, 0.717) is 5.41 Å². The molecule has 1 unspecified atom stereocenters. The van der Waals surface area contributed by atoms with Crippen molar-refractivity contribution < 1.29 is 15.0 Å². The Morgan fingerprint density at radius 2 is 1.94 bits per heavy atom. The van der Waals surface area contributed by atoms with Crippen LogP contribution >= 0.6 is 0 Å². The van der Waals surface area contributed by atoms with Gasteiger partial charge in [0.05, 0.1) is 0 Å². The van der Waals surface area contributed by atoms with Gasteiger partial charge in [0.2, 0.25) is 0 Å². The van der Waals surface area contributed by atoms with E-state index < -0.39 is 11.6 Å². The average molecular weight is 229 g/mol. The third-order valence-corrected chi connectivity index (χ3v) is 3.91. The van der Waals surface area contributed by atoms with Crippen molar-refractivity contribution in [2.45, 2.75) is 45.6 Å². The van der Waals surface area contributed by atoms with Gasteiger partial charge in [-0.1, -0.05) is 20.3 Å². The van der Waals surface area contributed by atoms with Gasteiger partial charge in [-0.15, -0.1) is 0 Å². The maximum Gasteiger partial charge on any atom is 0.336 e. The maximum atomic E-state index is 10.8. The van der Waals surface area contributed by atoms with Crippen LogP contribution in [0.5, 0.6) is 0 Å². The minimum atomic E-state index is -1.63. The average Bonchev–Trinajstić information content (AvgIpc) is 2.21. The summed E-state index contributed by atoms with van der Waals surface area (Å²) in [7, 11) is 0. The van der Waals surface area contributed by atoms with Crippen LogP contribution in [0.4, 0.5) is 0 Å². The van der Waals surface area contributed by atoms with E-state index in [9.17, 15) is 9.90 Å². The molecule has 0 aliphatic carbocycles. The van der Waals surface area contributed by atoms with Crippen molar-refractivity contribution in [1.29, 1.82) is 0 Å². The zero-order valence-corrected chi connectivity index (χ0v) is 10.5. The van der Waals surface area contributed by atoms with Crippen LogP contribution in [0.15, 0.2) is 0 Å². The first-order valence-corrected chi connectivity index (χ1v) is 5.97. The zero-order valence-electron chi connectivity index (χ0n) is 10.5. The van der Waals surface area contributed by atoms with E-state index in [1.165, 1.54) is 6.92 Å². The van der Waals surface area contributed by atoms with Gasteiger partial charge in [0.1, 0.15) is 0 Å². The van der Waals surface area contributed by atoms with Crippen LogP contribution in [-0.2, 0) is 4.79 Å². The van der Waals surface area contributed by atoms with E-state index in [1.54, 1.807) is 0 Å². The van der Waals surface area contributed by atoms with Crippen LogP contribution in [0, 0.1) is 5.41 Å². The molecule has 0 spiro atoms. The molecule has 0 saturated carbocycles. The molecule has 1 heterocycles. The number of hydrogen-bond donors (Lipinski definition) is 2. The predicted octanol–water partition coefficient (Wildman–Crippen LogP) is 1.33. The Balaban J connectivity index is 2.46. The van der Waals surface area contributed by atoms with Crippen molar-refractivity contribution >= 4 is 5.97 Å². The molecule has 2 N–H and O–H groups in total. The molecule has 0 aromatic carbocycles. The summed E-state index contributed by atoms with van der Waals surface area (Å²) in [5.74, 6) is -1.14. The fourth-order valence-electron chi connectivity index (χ4n) is 2.11. The lowest BCUT2D eigenvalue weighted by Crippen LogP contribution is -2.50. The van der Waals surface area contributed by atoms with E-state index in [2.05, 4.69) is 13.8 Å². The second-order valence-corrected chi connectivity index (χ2v) is 5.52. The first kappa shape index (κ1) is 13.5. The molecule has 1 aliphatic heterocycles. The Morgan fingerprint density at radius 3 is 2.31 bits per heavy atom. The number of carboxylic acid groups (broad SMARTS) is 1. The molecule has 1 atom stereocenters. The highest BCUT2D eigenvalue weighted by molar-refractivity contribution is 5.76. The smallest absolute Gasteiger partial charge is 0.336 e. The molecule has 4 heteroatoms. The van der Waals surface area contributed by atoms with Crippen LogP contribution in [0.25, 0.3) is 0 Å². The summed E-state index contributed by atoms with van der Waals surface area (Å²) in [4.78, 5) is 12.8. The Labute approximate surface area is 97.3 Å². The highest BCUT2D eigenvalue weighted by Gasteiger charge is 2.35. The molecule has 0 radical (unpaired) electrons. The van der Waals surface area contributed by atoms with E-state index in [-0.39, 0.29) is 6.54 Å². The molecule has 1 saturated heterocycles. The first-order chi connectivity index (χ1) is 7.29. The minimum absolute atomic E-state index is 0.224. The SMILES string of the molecule is CCC1(C)CCN(CC(C)(O)C(=O)O)CC1. The van der Waals surface area contributed by atoms with E-state index in [4.69, 9.17) is 5.11 Å². The number of carbonyl (C=O) groups is 1. The minimum Gasteiger partial charge on any atom is -0.479 e. The first-order valence-electron chi connectivity index (χ1n) is 5.97. The molecule has 0 aromatic rings. The lowest BCUT2D eigenvalue weighted by atomic mass is 9.78. The van der Waals surface area contributed by atoms with Crippen LogP contribution in [0.3, 0.4) is 0 Å². The van der Waals surface area contributed by atoms with Crippen LogP contribution in [-0.4, -0.2) is 46.3 Å². The topological polar surface area (TPSA) is 60.8 Å². The molecule has 94 valence electrons. The number of carboxylic acids is 1. The molecular weight excluding hydrogens is 206 g/mol. The van der Waals surface area contributed by atoms with Crippen molar-refractivity contribution in [3.05, 3.63) is 0 Å². The van der Waals surface area contributed by atoms with Gasteiger partial charge in [0, 0.05) is 6.54 Å². The van der Waals surface area contributed by atoms with Gasteiger partial charge >= 0.3 is 5.97 Å². The number of nitrogens with zero attached hydrogens (tertiary/aromatic N) is 1. The van der Waals surface area contributed by atoms with Crippen LogP contribution in [0.1, 0.15) is 40.0 Å². The standard InChI is InChI=1S/C12H23NO3/c1-4-11(2)5-7-13(8-6-11)9-12(3,16)10(14)15/h16H,4-9H2,1-3H3,(H,14,15). The van der Waals surface area contributed by atoms with Gasteiger partial charge in [-0.2, -0.15) is 0 Å². The Bertz CT molecular complexity index is 255. The molecule has 1 aliphatic rings. The fraction of sp³-hybridized carbons (Fsp3) is 0.917. The summed E-state index contributed by atoms with van der Waals surface area (Å²) in [5.41, 5.74) is -1.23. The van der Waals surface area contributed by atoms with Gasteiger partial charge in [-0.3, -0.25) is 4.90 Å². The number of piperidine rings is 1. The number of aliphatic carboxylic acids is 1. The highest BCUT2D eigenvalue weighted by Crippen LogP contribution is 2.34. The summed E-state index contributed by atoms with van der Waals surface area (Å²) < 4.78 is 0. The number of β-amino-alcohol motifs (C(OH)–C–C–N with tert-alkyl or cyclic N) is 1. The fourth-order valence-corrected chi connectivity index (χ4v) is 2.11. The lowest BCUT2D eigenvalue weighted by Gasteiger charge is -2.40. The van der Waals surface area contributed by atoms with E-state index in [0.717, 1.165) is 32.4 Å². The molecule has 1 fully saturated rings. The van der Waals surface area contributed by atoms with Gasteiger partial charge in [-0.05, 0) is 38.3 Å². The summed E-state index contributed by atoms with van der Waals surface area (Å²) in [6.45, 7) is 7.83. The predicted molar refractivity (Wildman–Crippen MR) is 62.3 cm³/mol. The zero-order chi connectivity index (χ0) is 12.4. The largest absolute Gasteiger partial charge is 0.479 e. The second-order valence-electron chi connectivity index (χ2n) is 5.52. The molecule has 1 rings (SSSR count). The van der Waals surface area contributed by atoms with Crippen molar-refractivity contribution in [1.82, 2.24) is 4.90 Å². The normalized spacial score (nSPS) is 25.0. The molecule has 0 aromatic heterocycles. The highest BCUT2D eigenvalue weighted by atomic mass is 16.4. The van der Waals surface area contributed by atoms with E-state index in [1.807, 2.05) is 4.90 Å². The van der Waals surface area contributed by atoms with Crippen molar-refractivity contribution in [3.63, 3.8) is 0 Å². The quantitative estimate of drug-likeness (QED) is 0.763. The van der Waals surface area contributed by atoms with Crippen LogP contribution < -0.4 is 0 Å². The van der Waals surface area contributed by atoms with E-state index >= 15 is 0 Å². The van der Waals surface area contributed by atoms with Gasteiger partial charge in [0.15, 0.2) is 5.60 Å². The summed E-state index contributed by atoms with van der Waals surface area (Å²) >= 11 is 0. The van der Waals surface area contributed by atoms with Crippen LogP contribution in [0.2, 0.25) is 0 Å². The number of hydrogen-bond acceptors (Lipinski definition) is 3. The third kappa shape index (κ3) is 3.19. The molecule has 16 heavy (non-hydrogen) atoms. The molecule has 0 amide bonds. The van der Waals surface area contributed by atoms with Gasteiger partial charge in [0.25, 0.3) is 0 Å². The lowest BCUT2D eigenvalue weighted by molar-refractivity contribution is -0.159. The van der Waals surface area contributed by atoms with Gasteiger partial charge < -0.3 is 10.2 Å². The summed E-state index contributed by atoms with van der Waals surface area (Å²) in [6, 6.07) is 0. The monoisotopic (exact) mass is 229 g/mol. The van der Waals surface area contributed by atoms with Crippen molar-refractivity contribution in [2.75, 3.05) is 19.6 Å². The third-order valence-electron chi connectivity index (χ3n) is 3.91. The van der Waals surface area contributed by atoms with Gasteiger partial charge in [-0.25, -0.2) is 4.79 Å². The molecular formula is C12H23NO3. The molecule has 0 bridgehead atoms.